The lowest BCUT2D eigenvalue weighted by atomic mass is 10.00. The molecule has 0 radical (unpaired) electrons. The average molecular weight is 223 g/mol. The number of hydrogen-bond acceptors (Lipinski definition) is 3. The highest BCUT2D eigenvalue weighted by atomic mass is 15.2. The van der Waals surface area contributed by atoms with Gasteiger partial charge in [-0.3, -0.25) is 0 Å². The summed E-state index contributed by atoms with van der Waals surface area (Å²) in [5, 5.41) is 12.5. The summed E-state index contributed by atoms with van der Waals surface area (Å²) in [5.74, 6) is 0. The summed E-state index contributed by atoms with van der Waals surface area (Å²) in [7, 11) is 1.91. The van der Waals surface area contributed by atoms with Crippen molar-refractivity contribution in [3.8, 4) is 6.07 Å². The highest BCUT2D eigenvalue weighted by Gasteiger charge is 2.39. The SMILES string of the molecule is CCCN(CCC)C1CCC(C#N)(NC)C1. The van der Waals surface area contributed by atoms with Gasteiger partial charge in [-0.1, -0.05) is 13.8 Å². The van der Waals surface area contributed by atoms with Gasteiger partial charge in [-0.25, -0.2) is 0 Å². The van der Waals surface area contributed by atoms with Gasteiger partial charge in [0.15, 0.2) is 0 Å². The van der Waals surface area contributed by atoms with Gasteiger partial charge in [0.2, 0.25) is 0 Å². The molecule has 0 aromatic heterocycles. The van der Waals surface area contributed by atoms with E-state index in [1.807, 2.05) is 7.05 Å². The lowest BCUT2D eigenvalue weighted by Gasteiger charge is -2.29. The Balaban J connectivity index is 2.58. The van der Waals surface area contributed by atoms with Crippen LogP contribution in [0.5, 0.6) is 0 Å². The Labute approximate surface area is 99.8 Å². The van der Waals surface area contributed by atoms with Gasteiger partial charge in [-0.05, 0) is 52.2 Å². The van der Waals surface area contributed by atoms with E-state index >= 15 is 0 Å². The van der Waals surface area contributed by atoms with Crippen molar-refractivity contribution in [3.05, 3.63) is 0 Å². The van der Waals surface area contributed by atoms with Crippen LogP contribution < -0.4 is 5.32 Å². The van der Waals surface area contributed by atoms with E-state index in [-0.39, 0.29) is 5.54 Å². The largest absolute Gasteiger partial charge is 0.302 e. The van der Waals surface area contributed by atoms with Crippen LogP contribution in [0.4, 0.5) is 0 Å². The van der Waals surface area contributed by atoms with Crippen LogP contribution in [0.3, 0.4) is 0 Å². The zero-order valence-electron chi connectivity index (χ0n) is 10.9. The van der Waals surface area contributed by atoms with Crippen LogP contribution in [0.1, 0.15) is 46.0 Å². The van der Waals surface area contributed by atoms with Crippen LogP contribution in [0, 0.1) is 11.3 Å². The van der Waals surface area contributed by atoms with Crippen molar-refractivity contribution in [2.24, 2.45) is 0 Å². The van der Waals surface area contributed by atoms with Gasteiger partial charge in [-0.15, -0.1) is 0 Å². The van der Waals surface area contributed by atoms with Crippen molar-refractivity contribution in [2.75, 3.05) is 20.1 Å². The molecular formula is C13H25N3. The van der Waals surface area contributed by atoms with Crippen LogP contribution in [0.25, 0.3) is 0 Å². The average Bonchev–Trinajstić information content (AvgIpc) is 2.74. The Hall–Kier alpha value is -0.590. The minimum atomic E-state index is -0.260. The van der Waals surface area contributed by atoms with Crippen molar-refractivity contribution in [2.45, 2.75) is 57.5 Å². The van der Waals surface area contributed by atoms with Crippen molar-refractivity contribution < 1.29 is 0 Å². The van der Waals surface area contributed by atoms with Gasteiger partial charge in [-0.2, -0.15) is 5.26 Å². The summed E-state index contributed by atoms with van der Waals surface area (Å²) in [5.41, 5.74) is -0.260. The third kappa shape index (κ3) is 2.96. The van der Waals surface area contributed by atoms with Crippen LogP contribution >= 0.6 is 0 Å². The molecule has 1 fully saturated rings. The van der Waals surface area contributed by atoms with Crippen molar-refractivity contribution in [1.82, 2.24) is 10.2 Å². The maximum atomic E-state index is 9.24. The van der Waals surface area contributed by atoms with E-state index in [0.29, 0.717) is 6.04 Å². The molecule has 1 aliphatic rings. The fraction of sp³-hybridized carbons (Fsp3) is 0.923. The third-order valence-corrected chi connectivity index (χ3v) is 3.72. The monoisotopic (exact) mass is 223 g/mol. The minimum Gasteiger partial charge on any atom is -0.302 e. The Morgan fingerprint density at radius 1 is 1.38 bits per heavy atom. The molecule has 2 unspecified atom stereocenters. The van der Waals surface area contributed by atoms with Gasteiger partial charge >= 0.3 is 0 Å². The Morgan fingerprint density at radius 3 is 2.38 bits per heavy atom. The predicted molar refractivity (Wildman–Crippen MR) is 67.2 cm³/mol. The first-order valence-corrected chi connectivity index (χ1v) is 6.55. The molecule has 2 atom stereocenters. The van der Waals surface area contributed by atoms with Crippen LogP contribution in [0.15, 0.2) is 0 Å². The van der Waals surface area contributed by atoms with E-state index < -0.39 is 0 Å². The van der Waals surface area contributed by atoms with Gasteiger partial charge in [0, 0.05) is 6.04 Å². The summed E-state index contributed by atoms with van der Waals surface area (Å²) < 4.78 is 0. The molecule has 0 spiro atoms. The molecule has 1 N–H and O–H groups in total. The molecule has 0 amide bonds. The molecule has 0 heterocycles. The molecule has 1 aliphatic carbocycles. The van der Waals surface area contributed by atoms with Gasteiger partial charge in [0.1, 0.15) is 5.54 Å². The minimum absolute atomic E-state index is 0.260. The van der Waals surface area contributed by atoms with Gasteiger partial charge in [0.05, 0.1) is 6.07 Å². The molecule has 0 aromatic rings. The maximum Gasteiger partial charge on any atom is 0.108 e. The molecule has 3 heteroatoms. The van der Waals surface area contributed by atoms with Crippen molar-refractivity contribution in [3.63, 3.8) is 0 Å². The maximum absolute atomic E-state index is 9.24. The predicted octanol–water partition coefficient (Wildman–Crippen LogP) is 2.14. The van der Waals surface area contributed by atoms with Gasteiger partial charge in [0.25, 0.3) is 0 Å². The molecule has 1 rings (SSSR count). The quantitative estimate of drug-likeness (QED) is 0.750. The van der Waals surface area contributed by atoms with E-state index in [0.717, 1.165) is 19.3 Å². The molecule has 3 nitrogen and oxygen atoms in total. The highest BCUT2D eigenvalue weighted by Crippen LogP contribution is 2.32. The molecule has 0 bridgehead atoms. The van der Waals surface area contributed by atoms with Gasteiger partial charge < -0.3 is 10.2 Å². The molecule has 0 aliphatic heterocycles. The second kappa shape index (κ2) is 6.22. The Morgan fingerprint density at radius 2 is 2.00 bits per heavy atom. The highest BCUT2D eigenvalue weighted by molar-refractivity contribution is 5.12. The molecule has 0 saturated heterocycles. The number of nitrogens with one attached hydrogen (secondary N) is 1. The summed E-state index contributed by atoms with van der Waals surface area (Å²) in [4.78, 5) is 2.57. The van der Waals surface area contributed by atoms with Crippen molar-refractivity contribution >= 4 is 0 Å². The third-order valence-electron chi connectivity index (χ3n) is 3.72. The lowest BCUT2D eigenvalue weighted by Crippen LogP contribution is -2.42. The van der Waals surface area contributed by atoms with E-state index in [1.54, 1.807) is 0 Å². The van der Waals surface area contributed by atoms with E-state index in [9.17, 15) is 5.26 Å². The second-order valence-electron chi connectivity index (χ2n) is 4.88. The summed E-state index contributed by atoms with van der Waals surface area (Å²) in [6.07, 6.45) is 5.55. The zero-order valence-corrected chi connectivity index (χ0v) is 10.9. The molecule has 16 heavy (non-hydrogen) atoms. The van der Waals surface area contributed by atoms with E-state index in [1.165, 1.54) is 25.9 Å². The Kier molecular flexibility index (Phi) is 5.24. The van der Waals surface area contributed by atoms with E-state index in [2.05, 4.69) is 30.1 Å². The summed E-state index contributed by atoms with van der Waals surface area (Å²) in [6, 6.07) is 3.06. The zero-order chi connectivity index (χ0) is 12.0. The van der Waals surface area contributed by atoms with Crippen LogP contribution in [-0.2, 0) is 0 Å². The first-order chi connectivity index (χ1) is 7.71. The molecular weight excluding hydrogens is 198 g/mol. The fourth-order valence-corrected chi connectivity index (χ4v) is 2.77. The van der Waals surface area contributed by atoms with Crippen LogP contribution in [0.2, 0.25) is 0 Å². The smallest absolute Gasteiger partial charge is 0.108 e. The summed E-state index contributed by atoms with van der Waals surface area (Å²) in [6.45, 7) is 6.80. The number of nitrogens with zero attached hydrogens (tertiary/aromatic N) is 2. The number of rotatable bonds is 6. The first kappa shape index (κ1) is 13.5. The molecule has 92 valence electrons. The standard InChI is InChI=1S/C13H25N3/c1-4-8-16(9-5-2)12-6-7-13(10-12,11-14)15-3/h12,15H,4-10H2,1-3H3. The van der Waals surface area contributed by atoms with Crippen molar-refractivity contribution in [1.29, 1.82) is 5.26 Å². The number of hydrogen-bond donors (Lipinski definition) is 1. The second-order valence-corrected chi connectivity index (χ2v) is 4.88. The molecule has 0 aromatic carbocycles. The first-order valence-electron chi connectivity index (χ1n) is 6.55. The van der Waals surface area contributed by atoms with E-state index in [4.69, 9.17) is 0 Å². The topological polar surface area (TPSA) is 39.1 Å². The number of nitriles is 1. The lowest BCUT2D eigenvalue weighted by molar-refractivity contribution is 0.193. The summed E-state index contributed by atoms with van der Waals surface area (Å²) >= 11 is 0. The van der Waals surface area contributed by atoms with Crippen LogP contribution in [-0.4, -0.2) is 36.6 Å². The Bertz CT molecular complexity index is 240. The normalized spacial score (nSPS) is 29.6. The molecule has 1 saturated carbocycles. The fourth-order valence-electron chi connectivity index (χ4n) is 2.77.